The Morgan fingerprint density at radius 2 is 1.73 bits per heavy atom. The zero-order valence-electron chi connectivity index (χ0n) is 20.0. The highest BCUT2D eigenvalue weighted by atomic mass is 32.2. The molecule has 0 unspecified atom stereocenters. The van der Waals surface area contributed by atoms with E-state index in [1.54, 1.807) is 54.6 Å². The van der Waals surface area contributed by atoms with Crippen LogP contribution in [-0.4, -0.2) is 39.2 Å². The minimum Gasteiger partial charge on any atom is -0.508 e. The number of hydrogen-bond acceptors (Lipinski definition) is 6. The summed E-state index contributed by atoms with van der Waals surface area (Å²) in [4.78, 5) is 19.3. The highest BCUT2D eigenvalue weighted by Crippen LogP contribution is 2.46. The van der Waals surface area contributed by atoms with Crippen molar-refractivity contribution in [2.75, 3.05) is 17.8 Å². The summed E-state index contributed by atoms with van der Waals surface area (Å²) >= 11 is 1.37. The van der Waals surface area contributed by atoms with Gasteiger partial charge in [-0.25, -0.2) is 9.37 Å². The van der Waals surface area contributed by atoms with E-state index in [4.69, 9.17) is 4.74 Å². The van der Waals surface area contributed by atoms with Crippen molar-refractivity contribution in [2.45, 2.75) is 17.4 Å². The molecule has 1 aliphatic heterocycles. The van der Waals surface area contributed by atoms with Crippen molar-refractivity contribution in [3.8, 4) is 22.8 Å². The first kappa shape index (κ1) is 24.8. The number of aromatic nitrogens is 1. The van der Waals surface area contributed by atoms with Gasteiger partial charge in [0, 0.05) is 23.2 Å². The third-order valence-corrected chi connectivity index (χ3v) is 7.72. The van der Waals surface area contributed by atoms with Gasteiger partial charge >= 0.3 is 0 Å². The Morgan fingerprint density at radius 3 is 2.41 bits per heavy atom. The average molecular weight is 517 g/mol. The fraction of sp³-hybridized carbons (Fsp3) is 0.172. The standard InChI is InChI=1S/C29H25FN2O4S/c1-36-28-24(3-2-16-31-28)18-6-12-22(13-7-18)32-26(20-8-14-23(33)15-9-20)27(29(32)35)37-17-25(34)19-4-10-21(30)11-5-19/h2-16,25-27,33-34H,17H2,1H3/t25-,26+,27+/m0/s1. The van der Waals surface area contributed by atoms with Crippen molar-refractivity contribution in [1.82, 2.24) is 4.98 Å². The van der Waals surface area contributed by atoms with Crippen molar-refractivity contribution < 1.29 is 24.1 Å². The van der Waals surface area contributed by atoms with E-state index in [9.17, 15) is 19.4 Å². The number of amides is 1. The molecule has 1 aliphatic rings. The molecule has 37 heavy (non-hydrogen) atoms. The second-order valence-electron chi connectivity index (χ2n) is 8.67. The summed E-state index contributed by atoms with van der Waals surface area (Å²) in [5.74, 6) is 0.513. The number of phenolic OH excluding ortho intramolecular Hbond substituents is 1. The lowest BCUT2D eigenvalue weighted by Gasteiger charge is -2.47. The maximum absolute atomic E-state index is 13.4. The first-order chi connectivity index (χ1) is 18.0. The summed E-state index contributed by atoms with van der Waals surface area (Å²) in [5.41, 5.74) is 3.98. The van der Waals surface area contributed by atoms with Gasteiger partial charge in [0.25, 0.3) is 0 Å². The number of aliphatic hydroxyl groups is 1. The Hall–Kier alpha value is -3.88. The molecule has 6 nitrogen and oxygen atoms in total. The molecular weight excluding hydrogens is 491 g/mol. The molecule has 0 saturated carbocycles. The van der Waals surface area contributed by atoms with Crippen LogP contribution in [0.2, 0.25) is 0 Å². The van der Waals surface area contributed by atoms with Crippen LogP contribution in [0, 0.1) is 5.82 Å². The number of halogens is 1. The third kappa shape index (κ3) is 5.03. The maximum Gasteiger partial charge on any atom is 0.243 e. The number of anilines is 1. The molecule has 1 aromatic heterocycles. The van der Waals surface area contributed by atoms with Crippen molar-refractivity contribution in [1.29, 1.82) is 0 Å². The normalized spacial score (nSPS) is 17.8. The molecule has 2 N–H and O–H groups in total. The lowest BCUT2D eigenvalue weighted by Crippen LogP contribution is -2.57. The molecule has 3 atom stereocenters. The number of carbonyl (C=O) groups excluding carboxylic acids is 1. The molecule has 0 aliphatic carbocycles. The average Bonchev–Trinajstić information content (AvgIpc) is 2.93. The quantitative estimate of drug-likeness (QED) is 0.300. The third-order valence-electron chi connectivity index (χ3n) is 6.39. The molecule has 1 saturated heterocycles. The van der Waals surface area contributed by atoms with E-state index in [-0.39, 0.29) is 29.3 Å². The van der Waals surface area contributed by atoms with E-state index in [0.29, 0.717) is 11.4 Å². The fourth-order valence-electron chi connectivity index (χ4n) is 4.46. The molecule has 8 heteroatoms. The highest BCUT2D eigenvalue weighted by molar-refractivity contribution is 8.00. The van der Waals surface area contributed by atoms with Crippen LogP contribution in [0.1, 0.15) is 23.3 Å². The molecule has 0 bridgehead atoms. The molecule has 1 amide bonds. The van der Waals surface area contributed by atoms with E-state index in [1.807, 2.05) is 36.4 Å². The summed E-state index contributed by atoms with van der Waals surface area (Å²) in [7, 11) is 1.58. The number of thioether (sulfide) groups is 1. The molecule has 188 valence electrons. The zero-order chi connectivity index (χ0) is 25.9. The Bertz CT molecular complexity index is 1380. The predicted molar refractivity (Wildman–Crippen MR) is 142 cm³/mol. The molecule has 5 rings (SSSR count). The molecule has 0 spiro atoms. The number of hydrogen-bond donors (Lipinski definition) is 2. The van der Waals surface area contributed by atoms with Crippen LogP contribution in [0.3, 0.4) is 0 Å². The molecule has 1 fully saturated rings. The Balaban J connectivity index is 1.38. The van der Waals surface area contributed by atoms with Crippen molar-refractivity contribution >= 4 is 23.4 Å². The number of methoxy groups -OCH3 is 1. The van der Waals surface area contributed by atoms with Crippen LogP contribution < -0.4 is 9.64 Å². The molecule has 0 radical (unpaired) electrons. The number of aromatic hydroxyl groups is 1. The van der Waals surface area contributed by atoms with Gasteiger partial charge < -0.3 is 19.8 Å². The van der Waals surface area contributed by atoms with Crippen LogP contribution in [0.4, 0.5) is 10.1 Å². The van der Waals surface area contributed by atoms with E-state index >= 15 is 0 Å². The van der Waals surface area contributed by atoms with E-state index < -0.39 is 11.4 Å². The molecule has 2 heterocycles. The van der Waals surface area contributed by atoms with E-state index in [2.05, 4.69) is 4.98 Å². The fourth-order valence-corrected chi connectivity index (χ4v) is 5.76. The summed E-state index contributed by atoms with van der Waals surface area (Å²) in [6.45, 7) is 0. The number of rotatable bonds is 8. The lowest BCUT2D eigenvalue weighted by atomic mass is 9.92. The Labute approximate surface area is 218 Å². The summed E-state index contributed by atoms with van der Waals surface area (Å²) < 4.78 is 18.6. The number of ether oxygens (including phenoxy) is 1. The smallest absolute Gasteiger partial charge is 0.243 e. The van der Waals surface area contributed by atoms with Crippen LogP contribution in [0.25, 0.3) is 11.1 Å². The number of pyridine rings is 1. The number of aliphatic hydroxyl groups excluding tert-OH is 1. The number of phenols is 1. The Morgan fingerprint density at radius 1 is 1.03 bits per heavy atom. The van der Waals surface area contributed by atoms with Gasteiger partial charge in [-0.1, -0.05) is 36.4 Å². The minimum absolute atomic E-state index is 0.0684. The molecule has 4 aromatic rings. The first-order valence-electron chi connectivity index (χ1n) is 11.7. The van der Waals surface area contributed by atoms with Crippen LogP contribution in [-0.2, 0) is 4.79 Å². The highest BCUT2D eigenvalue weighted by Gasteiger charge is 2.49. The minimum atomic E-state index is -0.832. The zero-order valence-corrected chi connectivity index (χ0v) is 20.8. The van der Waals surface area contributed by atoms with E-state index in [0.717, 1.165) is 22.4 Å². The topological polar surface area (TPSA) is 82.9 Å². The summed E-state index contributed by atoms with van der Waals surface area (Å²) in [5, 5.41) is 20.0. The number of carbonyl (C=O) groups is 1. The maximum atomic E-state index is 13.4. The van der Waals surface area contributed by atoms with Gasteiger partial charge in [0.15, 0.2) is 0 Å². The number of β-lactam (4-membered cyclic amide) rings is 1. The second-order valence-corrected chi connectivity index (χ2v) is 9.85. The van der Waals surface area contributed by atoms with E-state index in [1.165, 1.54) is 23.9 Å². The van der Waals surface area contributed by atoms with Gasteiger partial charge in [-0.3, -0.25) is 4.79 Å². The monoisotopic (exact) mass is 516 g/mol. The summed E-state index contributed by atoms with van der Waals surface area (Å²) in [6, 6.07) is 23.6. The van der Waals surface area contributed by atoms with Gasteiger partial charge in [-0.15, -0.1) is 11.8 Å². The Kier molecular flexibility index (Phi) is 7.12. The SMILES string of the molecule is COc1ncccc1-c1ccc(N2C(=O)[C@H](SC[C@H](O)c3ccc(F)cc3)[C@H]2c2ccc(O)cc2)cc1. The molecule has 3 aromatic carbocycles. The van der Waals surface area contributed by atoms with Gasteiger partial charge in [-0.2, -0.15) is 0 Å². The van der Waals surface area contributed by atoms with Gasteiger partial charge in [0.05, 0.1) is 19.3 Å². The second kappa shape index (κ2) is 10.6. The molecular formula is C29H25FN2O4S. The van der Waals surface area contributed by atoms with Crippen LogP contribution >= 0.6 is 11.8 Å². The summed E-state index contributed by atoms with van der Waals surface area (Å²) in [6.07, 6.45) is 0.837. The number of benzene rings is 3. The first-order valence-corrected chi connectivity index (χ1v) is 12.8. The van der Waals surface area contributed by atoms with Crippen molar-refractivity contribution in [3.05, 3.63) is 108 Å². The lowest BCUT2D eigenvalue weighted by molar-refractivity contribution is -0.123. The number of nitrogens with zero attached hydrogens (tertiary/aromatic N) is 2. The van der Waals surface area contributed by atoms with Crippen molar-refractivity contribution in [2.24, 2.45) is 0 Å². The van der Waals surface area contributed by atoms with Gasteiger partial charge in [0.1, 0.15) is 16.8 Å². The van der Waals surface area contributed by atoms with Gasteiger partial charge in [0.2, 0.25) is 11.8 Å². The van der Waals surface area contributed by atoms with Crippen LogP contribution in [0.15, 0.2) is 91.1 Å². The largest absolute Gasteiger partial charge is 0.508 e. The van der Waals surface area contributed by atoms with Crippen LogP contribution in [0.5, 0.6) is 11.6 Å². The van der Waals surface area contributed by atoms with Crippen molar-refractivity contribution in [3.63, 3.8) is 0 Å². The van der Waals surface area contributed by atoms with Gasteiger partial charge in [-0.05, 0) is 65.2 Å². The predicted octanol–water partition coefficient (Wildman–Crippen LogP) is 5.53.